The normalized spacial score (nSPS) is 15.8. The maximum Gasteiger partial charge on any atom is 0.251 e. The lowest BCUT2D eigenvalue weighted by atomic mass is 10.0. The number of benzene rings is 2. The number of hydrogen-bond donors (Lipinski definition) is 3. The molecule has 0 bridgehead atoms. The summed E-state index contributed by atoms with van der Waals surface area (Å²) in [5, 5.41) is 6.05. The highest BCUT2D eigenvalue weighted by Gasteiger charge is 2.21. The Labute approximate surface area is 170 Å². The summed E-state index contributed by atoms with van der Waals surface area (Å²) in [5.74, 6) is 1.14. The van der Waals surface area contributed by atoms with Crippen molar-refractivity contribution in [1.82, 2.24) is 10.6 Å². The van der Waals surface area contributed by atoms with Crippen LogP contribution in [0, 0.1) is 0 Å². The van der Waals surface area contributed by atoms with Gasteiger partial charge in [0, 0.05) is 24.1 Å². The van der Waals surface area contributed by atoms with Crippen LogP contribution in [-0.2, 0) is 0 Å². The maximum atomic E-state index is 11.9. The van der Waals surface area contributed by atoms with Crippen LogP contribution < -0.4 is 21.1 Å². The summed E-state index contributed by atoms with van der Waals surface area (Å²) in [6.07, 6.45) is 0.831. The quantitative estimate of drug-likeness (QED) is 0.274. The third kappa shape index (κ3) is 5.35. The molecule has 3 rings (SSSR count). The zero-order chi connectivity index (χ0) is 17.5. The monoisotopic (exact) mass is 466 g/mol. The molecule has 0 aromatic heterocycles. The van der Waals surface area contributed by atoms with Crippen molar-refractivity contribution in [2.45, 2.75) is 12.5 Å². The largest absolute Gasteiger partial charge is 0.493 e. The maximum absolute atomic E-state index is 11.9. The smallest absolute Gasteiger partial charge is 0.251 e. The lowest BCUT2D eigenvalue weighted by molar-refractivity contribution is 0.0955. The van der Waals surface area contributed by atoms with E-state index < -0.39 is 0 Å². The van der Waals surface area contributed by atoms with Crippen LogP contribution in [0.4, 0.5) is 0 Å². The van der Waals surface area contributed by atoms with Gasteiger partial charge in [0.2, 0.25) is 0 Å². The number of nitrogens with one attached hydrogen (secondary N) is 2. The summed E-state index contributed by atoms with van der Waals surface area (Å²) in [7, 11) is 0. The number of amides is 1. The van der Waals surface area contributed by atoms with E-state index in [-0.39, 0.29) is 35.9 Å². The van der Waals surface area contributed by atoms with Gasteiger partial charge in [-0.2, -0.15) is 0 Å². The molecule has 1 aliphatic rings. The number of fused-ring (bicyclic) bond motifs is 1. The van der Waals surface area contributed by atoms with E-state index in [0.717, 1.165) is 17.7 Å². The van der Waals surface area contributed by atoms with Gasteiger partial charge in [-0.1, -0.05) is 36.4 Å². The molecule has 0 spiro atoms. The van der Waals surface area contributed by atoms with Gasteiger partial charge in [0.25, 0.3) is 5.91 Å². The molecule has 2 aromatic carbocycles. The molecule has 7 heteroatoms. The molecule has 2 aromatic rings. The molecule has 26 heavy (non-hydrogen) atoms. The molecular formula is C19H23IN4O2. The van der Waals surface area contributed by atoms with Gasteiger partial charge in [0.05, 0.1) is 19.2 Å². The van der Waals surface area contributed by atoms with Crippen LogP contribution in [0.25, 0.3) is 0 Å². The molecule has 0 fully saturated rings. The molecule has 1 aliphatic heterocycles. The lowest BCUT2D eigenvalue weighted by Crippen LogP contribution is -2.38. The van der Waals surface area contributed by atoms with E-state index in [4.69, 9.17) is 10.5 Å². The van der Waals surface area contributed by atoms with Crippen molar-refractivity contribution < 1.29 is 9.53 Å². The van der Waals surface area contributed by atoms with Crippen LogP contribution in [0.3, 0.4) is 0 Å². The summed E-state index contributed by atoms with van der Waals surface area (Å²) in [4.78, 5) is 16.2. The number of rotatable bonds is 5. The van der Waals surface area contributed by atoms with E-state index in [9.17, 15) is 4.79 Å². The average Bonchev–Trinajstić information content (AvgIpc) is 2.66. The second-order valence-electron chi connectivity index (χ2n) is 5.76. The molecular weight excluding hydrogens is 443 g/mol. The van der Waals surface area contributed by atoms with Crippen molar-refractivity contribution in [1.29, 1.82) is 0 Å². The number of para-hydroxylation sites is 1. The number of hydrogen-bond acceptors (Lipinski definition) is 3. The molecule has 4 N–H and O–H groups in total. The van der Waals surface area contributed by atoms with Crippen LogP contribution in [0.5, 0.6) is 5.75 Å². The zero-order valence-electron chi connectivity index (χ0n) is 14.4. The zero-order valence-corrected chi connectivity index (χ0v) is 16.7. The number of aliphatic imine (C=N–C) groups is 1. The average molecular weight is 466 g/mol. The van der Waals surface area contributed by atoms with E-state index in [0.29, 0.717) is 31.2 Å². The Bertz CT molecular complexity index is 752. The third-order valence-electron chi connectivity index (χ3n) is 4.00. The van der Waals surface area contributed by atoms with Gasteiger partial charge in [-0.15, -0.1) is 24.0 Å². The van der Waals surface area contributed by atoms with Gasteiger partial charge in [0.15, 0.2) is 5.96 Å². The van der Waals surface area contributed by atoms with Crippen molar-refractivity contribution in [3.63, 3.8) is 0 Å². The highest BCUT2D eigenvalue weighted by Crippen LogP contribution is 2.31. The number of carbonyl (C=O) groups is 1. The molecule has 0 aliphatic carbocycles. The van der Waals surface area contributed by atoms with Gasteiger partial charge in [0.1, 0.15) is 5.75 Å². The lowest BCUT2D eigenvalue weighted by Gasteiger charge is -2.26. The van der Waals surface area contributed by atoms with Crippen LogP contribution in [0.1, 0.15) is 28.4 Å². The highest BCUT2D eigenvalue weighted by molar-refractivity contribution is 14.0. The van der Waals surface area contributed by atoms with Gasteiger partial charge >= 0.3 is 0 Å². The molecule has 6 nitrogen and oxygen atoms in total. The Morgan fingerprint density at radius 2 is 1.88 bits per heavy atom. The Balaban J connectivity index is 0.00000243. The minimum atomic E-state index is -0.110. The van der Waals surface area contributed by atoms with Gasteiger partial charge in [-0.3, -0.25) is 9.79 Å². The Morgan fingerprint density at radius 3 is 2.69 bits per heavy atom. The first-order valence-electron chi connectivity index (χ1n) is 8.35. The standard InChI is InChI=1S/C19H22N4O2.HI/c20-19(22-12-11-21-18(24)14-6-2-1-3-7-14)23-16-10-13-25-17-9-5-4-8-15(16)17;/h1-9,16H,10-13H2,(H,21,24)(H3,20,22,23);1H. The minimum absolute atomic E-state index is 0. The summed E-state index contributed by atoms with van der Waals surface area (Å²) >= 11 is 0. The predicted molar refractivity (Wildman–Crippen MR) is 113 cm³/mol. The van der Waals surface area contributed by atoms with Crippen molar-refractivity contribution >= 4 is 35.8 Å². The molecule has 138 valence electrons. The highest BCUT2D eigenvalue weighted by atomic mass is 127. The van der Waals surface area contributed by atoms with Gasteiger partial charge < -0.3 is 21.1 Å². The molecule has 0 saturated carbocycles. The SMILES string of the molecule is I.NC(=NCCNC(=O)c1ccccc1)NC1CCOc2ccccc21. The molecule has 1 atom stereocenters. The van der Waals surface area contributed by atoms with Gasteiger partial charge in [-0.05, 0) is 18.2 Å². The van der Waals surface area contributed by atoms with Crippen LogP contribution in [0.2, 0.25) is 0 Å². The summed E-state index contributed by atoms with van der Waals surface area (Å²) in [6, 6.07) is 17.1. The molecule has 1 unspecified atom stereocenters. The molecule has 1 amide bonds. The van der Waals surface area contributed by atoms with Crippen molar-refractivity contribution in [3.05, 3.63) is 65.7 Å². The number of nitrogens with two attached hydrogens (primary N) is 1. The summed E-state index contributed by atoms with van der Waals surface area (Å²) in [6.45, 7) is 1.50. The van der Waals surface area contributed by atoms with E-state index in [1.165, 1.54) is 0 Å². The van der Waals surface area contributed by atoms with E-state index >= 15 is 0 Å². The first-order chi connectivity index (χ1) is 12.2. The molecule has 1 heterocycles. The number of nitrogens with zero attached hydrogens (tertiary/aromatic N) is 1. The van der Waals surface area contributed by atoms with Crippen LogP contribution >= 0.6 is 24.0 Å². The molecule has 0 saturated heterocycles. The van der Waals surface area contributed by atoms with Crippen molar-refractivity contribution in [2.24, 2.45) is 10.7 Å². The molecule has 0 radical (unpaired) electrons. The van der Waals surface area contributed by atoms with Crippen molar-refractivity contribution in [3.8, 4) is 5.75 Å². The summed E-state index contributed by atoms with van der Waals surface area (Å²) < 4.78 is 5.63. The Morgan fingerprint density at radius 1 is 1.15 bits per heavy atom. The fourth-order valence-electron chi connectivity index (χ4n) is 2.75. The fourth-order valence-corrected chi connectivity index (χ4v) is 2.75. The topological polar surface area (TPSA) is 88.7 Å². The first kappa shape index (κ1) is 20.0. The Hall–Kier alpha value is -2.29. The van der Waals surface area contributed by atoms with Crippen molar-refractivity contribution in [2.75, 3.05) is 19.7 Å². The first-order valence-corrected chi connectivity index (χ1v) is 8.35. The second-order valence-corrected chi connectivity index (χ2v) is 5.76. The Kier molecular flexibility index (Phi) is 7.71. The van der Waals surface area contributed by atoms with E-state index in [1.54, 1.807) is 12.1 Å². The number of guanidine groups is 1. The van der Waals surface area contributed by atoms with Gasteiger partial charge in [-0.25, -0.2) is 0 Å². The summed E-state index contributed by atoms with van der Waals surface area (Å²) in [5.41, 5.74) is 7.70. The van der Waals surface area contributed by atoms with E-state index in [2.05, 4.69) is 15.6 Å². The number of carbonyl (C=O) groups excluding carboxylic acids is 1. The van der Waals surface area contributed by atoms with E-state index in [1.807, 2.05) is 42.5 Å². The van der Waals surface area contributed by atoms with Crippen LogP contribution in [-0.4, -0.2) is 31.6 Å². The number of halogens is 1. The fraction of sp³-hybridized carbons (Fsp3) is 0.263. The minimum Gasteiger partial charge on any atom is -0.493 e. The van der Waals surface area contributed by atoms with Crippen LogP contribution in [0.15, 0.2) is 59.6 Å². The second kappa shape index (κ2) is 10.0. The third-order valence-corrected chi connectivity index (χ3v) is 4.00. The predicted octanol–water partition coefficient (Wildman–Crippen LogP) is 2.46. The number of ether oxygens (including phenoxy) is 1.